The maximum atomic E-state index is 7.84. The summed E-state index contributed by atoms with van der Waals surface area (Å²) in [5, 5.41) is 13.5. The maximum Gasteiger partial charge on any atom is 0.192 e. The molecule has 4 rings (SSSR count). The molecular formula is C24H25ClN6OS. The van der Waals surface area contributed by atoms with Crippen molar-refractivity contribution >= 4 is 51.9 Å². The van der Waals surface area contributed by atoms with Crippen molar-refractivity contribution in [3.8, 4) is 5.75 Å². The molecule has 4 N–H and O–H groups in total. The topological polar surface area (TPSA) is 110 Å². The highest BCUT2D eigenvalue weighted by atomic mass is 35.5. The Hall–Kier alpha value is -3.10. The van der Waals surface area contributed by atoms with E-state index in [0.717, 1.165) is 51.4 Å². The number of halogens is 1. The third kappa shape index (κ3) is 5.12. The van der Waals surface area contributed by atoms with Gasteiger partial charge in [0.05, 0.1) is 28.5 Å². The Morgan fingerprint density at radius 3 is 2.64 bits per heavy atom. The van der Waals surface area contributed by atoms with Crippen molar-refractivity contribution < 1.29 is 4.74 Å². The Morgan fingerprint density at radius 2 is 1.97 bits per heavy atom. The Labute approximate surface area is 202 Å². The summed E-state index contributed by atoms with van der Waals surface area (Å²) in [4.78, 5) is 14.5. The number of ether oxygens (including phenoxy) is 1. The second kappa shape index (κ2) is 9.80. The monoisotopic (exact) mass is 480 g/mol. The van der Waals surface area contributed by atoms with Gasteiger partial charge in [-0.2, -0.15) is 0 Å². The number of aryl methyl sites for hydroxylation is 2. The average Bonchev–Trinajstić information content (AvgIpc) is 2.76. The molecule has 0 aliphatic heterocycles. The van der Waals surface area contributed by atoms with Crippen molar-refractivity contribution in [2.24, 2.45) is 0 Å². The number of rotatable bonds is 7. The second-order valence-corrected chi connectivity index (χ2v) is 9.14. The van der Waals surface area contributed by atoms with Gasteiger partial charge in [0.15, 0.2) is 5.16 Å². The van der Waals surface area contributed by atoms with Crippen molar-refractivity contribution in [3.63, 3.8) is 0 Å². The van der Waals surface area contributed by atoms with Crippen LogP contribution < -0.4 is 15.8 Å². The molecule has 1 aliphatic rings. The first-order valence-electron chi connectivity index (χ1n) is 10.6. The van der Waals surface area contributed by atoms with Crippen LogP contribution in [0.5, 0.6) is 5.75 Å². The second-order valence-electron chi connectivity index (χ2n) is 7.67. The molecule has 0 amide bonds. The molecule has 1 aromatic carbocycles. The van der Waals surface area contributed by atoms with Gasteiger partial charge in [0.2, 0.25) is 0 Å². The third-order valence-electron chi connectivity index (χ3n) is 5.13. The van der Waals surface area contributed by atoms with E-state index in [0.29, 0.717) is 33.8 Å². The summed E-state index contributed by atoms with van der Waals surface area (Å²) >= 11 is 8.14. The smallest absolute Gasteiger partial charge is 0.192 e. The minimum atomic E-state index is 0.518. The van der Waals surface area contributed by atoms with Crippen molar-refractivity contribution in [2.45, 2.75) is 38.8 Å². The number of allylic oxidation sites excluding steroid dienone is 4. The van der Waals surface area contributed by atoms with Crippen LogP contribution in [0.2, 0.25) is 0 Å². The molecule has 0 atom stereocenters. The molecule has 1 aliphatic carbocycles. The molecule has 2 heterocycles. The zero-order chi connectivity index (χ0) is 23.5. The molecule has 170 valence electrons. The minimum absolute atomic E-state index is 0.518. The van der Waals surface area contributed by atoms with Crippen molar-refractivity contribution in [2.75, 3.05) is 17.7 Å². The lowest BCUT2D eigenvalue weighted by Crippen LogP contribution is -2.08. The quantitative estimate of drug-likeness (QED) is 0.217. The third-order valence-corrected chi connectivity index (χ3v) is 6.62. The van der Waals surface area contributed by atoms with Gasteiger partial charge in [0.25, 0.3) is 0 Å². The number of nitrogens with two attached hydrogens (primary N) is 1. The van der Waals surface area contributed by atoms with E-state index in [1.807, 2.05) is 45.0 Å². The van der Waals surface area contributed by atoms with E-state index < -0.39 is 0 Å². The maximum absolute atomic E-state index is 7.84. The SMILES string of the molecule is CCOc1cc2ncc(C=N)c(NC3=CC(Cl)=C(Sc4nc(C)cc(C)n4)CC3)c2cc1N. The summed E-state index contributed by atoms with van der Waals surface area (Å²) in [6, 6.07) is 5.61. The van der Waals surface area contributed by atoms with E-state index in [-0.39, 0.29) is 0 Å². The van der Waals surface area contributed by atoms with Gasteiger partial charge in [-0.15, -0.1) is 0 Å². The van der Waals surface area contributed by atoms with Crippen molar-refractivity contribution in [1.29, 1.82) is 5.41 Å². The number of anilines is 2. The molecule has 2 aromatic heterocycles. The Balaban J connectivity index is 1.66. The van der Waals surface area contributed by atoms with Gasteiger partial charge in [0.1, 0.15) is 5.75 Å². The molecule has 0 saturated heterocycles. The summed E-state index contributed by atoms with van der Waals surface area (Å²) in [5.41, 5.74) is 11.7. The van der Waals surface area contributed by atoms with Gasteiger partial charge in [-0.3, -0.25) is 4.98 Å². The molecule has 0 fully saturated rings. The van der Waals surface area contributed by atoms with Crippen LogP contribution in [-0.4, -0.2) is 27.8 Å². The molecule has 0 spiro atoms. The van der Waals surface area contributed by atoms with Crippen molar-refractivity contribution in [3.05, 3.63) is 63.1 Å². The van der Waals surface area contributed by atoms with E-state index in [4.69, 9.17) is 27.5 Å². The van der Waals surface area contributed by atoms with Gasteiger partial charge in [-0.25, -0.2) is 9.97 Å². The summed E-state index contributed by atoms with van der Waals surface area (Å²) in [5.74, 6) is 0.601. The lowest BCUT2D eigenvalue weighted by Gasteiger charge is -2.20. The predicted molar refractivity (Wildman–Crippen MR) is 136 cm³/mol. The molecule has 7 nitrogen and oxygen atoms in total. The van der Waals surface area contributed by atoms with Crippen LogP contribution in [0.15, 0.2) is 51.3 Å². The number of thioether (sulfide) groups is 1. The van der Waals surface area contributed by atoms with E-state index in [9.17, 15) is 0 Å². The Kier molecular flexibility index (Phi) is 6.85. The zero-order valence-corrected chi connectivity index (χ0v) is 20.3. The molecule has 9 heteroatoms. The average molecular weight is 481 g/mol. The summed E-state index contributed by atoms with van der Waals surface area (Å²) in [7, 11) is 0. The van der Waals surface area contributed by atoms with Crippen LogP contribution in [0.1, 0.15) is 36.7 Å². The molecule has 3 aromatic rings. The standard InChI is InChI=1S/C24H25ClN6OS/c1-4-32-21-10-20-17(9-19(21)27)23(15(11-26)12-28-20)31-16-5-6-22(18(25)8-16)33-24-29-13(2)7-14(3)30-24/h7-12,26H,4-6,27H2,1-3H3,(H,28,31). The first-order chi connectivity index (χ1) is 15.9. The number of fused-ring (bicyclic) bond motifs is 1. The minimum Gasteiger partial charge on any atom is -0.492 e. The summed E-state index contributed by atoms with van der Waals surface area (Å²) < 4.78 is 5.60. The van der Waals surface area contributed by atoms with Gasteiger partial charge in [-0.05, 0) is 51.8 Å². The highest BCUT2D eigenvalue weighted by molar-refractivity contribution is 8.03. The Morgan fingerprint density at radius 1 is 1.21 bits per heavy atom. The predicted octanol–water partition coefficient (Wildman–Crippen LogP) is 5.95. The Bertz CT molecular complexity index is 1280. The molecule has 33 heavy (non-hydrogen) atoms. The van der Waals surface area contributed by atoms with Crippen LogP contribution in [0.4, 0.5) is 11.4 Å². The fraction of sp³-hybridized carbons (Fsp3) is 0.250. The van der Waals surface area contributed by atoms with Crippen LogP contribution >= 0.6 is 23.4 Å². The van der Waals surface area contributed by atoms with Gasteiger partial charge < -0.3 is 21.2 Å². The number of hydrogen-bond acceptors (Lipinski definition) is 8. The van der Waals surface area contributed by atoms with Gasteiger partial charge >= 0.3 is 0 Å². The molecule has 0 unspecified atom stereocenters. The molecular weight excluding hydrogens is 456 g/mol. The highest BCUT2D eigenvalue weighted by Gasteiger charge is 2.18. The van der Waals surface area contributed by atoms with Crippen molar-refractivity contribution in [1.82, 2.24) is 15.0 Å². The molecule has 0 saturated carbocycles. The number of benzene rings is 1. The number of nitrogens with one attached hydrogen (secondary N) is 2. The van der Waals surface area contributed by atoms with E-state index >= 15 is 0 Å². The summed E-state index contributed by atoms with van der Waals surface area (Å²) in [6.45, 7) is 6.35. The zero-order valence-electron chi connectivity index (χ0n) is 18.7. The lowest BCUT2D eigenvalue weighted by molar-refractivity contribution is 0.342. The van der Waals surface area contributed by atoms with Crippen LogP contribution in [0, 0.1) is 19.3 Å². The molecule has 0 bridgehead atoms. The van der Waals surface area contributed by atoms with Gasteiger partial charge in [0, 0.05) is 51.4 Å². The van der Waals surface area contributed by atoms with Crippen LogP contribution in [-0.2, 0) is 0 Å². The summed E-state index contributed by atoms with van der Waals surface area (Å²) in [6.07, 6.45) is 6.40. The highest BCUT2D eigenvalue weighted by Crippen LogP contribution is 2.39. The van der Waals surface area contributed by atoms with E-state index in [2.05, 4.69) is 20.3 Å². The first kappa shape index (κ1) is 23.1. The number of hydrogen-bond donors (Lipinski definition) is 3. The number of aromatic nitrogens is 3. The number of nitrogen functional groups attached to an aromatic ring is 1. The van der Waals surface area contributed by atoms with Crippen LogP contribution in [0.25, 0.3) is 10.9 Å². The fourth-order valence-corrected chi connectivity index (χ4v) is 4.97. The molecule has 0 radical (unpaired) electrons. The fourth-order valence-electron chi connectivity index (χ4n) is 3.66. The van der Waals surface area contributed by atoms with E-state index in [1.54, 1.807) is 6.20 Å². The normalized spacial score (nSPS) is 13.8. The number of nitrogens with zero attached hydrogens (tertiary/aromatic N) is 3. The van der Waals surface area contributed by atoms with Gasteiger partial charge in [-0.1, -0.05) is 23.4 Å². The number of pyridine rings is 1. The van der Waals surface area contributed by atoms with Crippen LogP contribution in [0.3, 0.4) is 0 Å². The first-order valence-corrected chi connectivity index (χ1v) is 11.8. The largest absolute Gasteiger partial charge is 0.492 e. The van der Waals surface area contributed by atoms with E-state index in [1.165, 1.54) is 18.0 Å². The lowest BCUT2D eigenvalue weighted by atomic mass is 10.1.